The molecule has 2 atom stereocenters. The summed E-state index contributed by atoms with van der Waals surface area (Å²) in [5, 5.41) is 0. The molecule has 45 heavy (non-hydrogen) atoms. The highest BCUT2D eigenvalue weighted by Crippen LogP contribution is 2.54. The molecule has 7 rings (SSSR count). The van der Waals surface area contributed by atoms with Crippen LogP contribution in [-0.4, -0.2) is 46.5 Å². The zero-order valence-electron chi connectivity index (χ0n) is 26.3. The Labute approximate surface area is 264 Å². The predicted octanol–water partition coefficient (Wildman–Crippen LogP) is 7.90. The van der Waals surface area contributed by atoms with Gasteiger partial charge >= 0.3 is 5.97 Å². The van der Waals surface area contributed by atoms with Crippen LogP contribution in [0.5, 0.6) is 0 Å². The highest BCUT2D eigenvalue weighted by molar-refractivity contribution is 5.98. The summed E-state index contributed by atoms with van der Waals surface area (Å²) in [6.45, 7) is 3.36. The fourth-order valence-corrected chi connectivity index (χ4v) is 9.12. The molecule has 6 nitrogen and oxygen atoms in total. The van der Waals surface area contributed by atoms with E-state index in [0.29, 0.717) is 19.1 Å². The van der Waals surface area contributed by atoms with E-state index in [1.807, 2.05) is 4.90 Å². The van der Waals surface area contributed by atoms with Crippen LogP contribution in [-0.2, 0) is 10.2 Å². The maximum absolute atomic E-state index is 14.4. The number of aromatic nitrogens is 2. The summed E-state index contributed by atoms with van der Waals surface area (Å²) in [6, 6.07) is 23.7. The van der Waals surface area contributed by atoms with Gasteiger partial charge in [0, 0.05) is 24.7 Å². The number of aryl methyl sites for hydroxylation is 1. The number of ether oxygens (including phenoxy) is 1. The lowest BCUT2D eigenvalue weighted by Gasteiger charge is -2.44. The number of nitrogens with zero attached hydrogens (tertiary/aromatic N) is 3. The van der Waals surface area contributed by atoms with Crippen molar-refractivity contribution in [3.63, 3.8) is 0 Å². The first-order valence-corrected chi connectivity index (χ1v) is 16.5. The lowest BCUT2D eigenvalue weighted by Crippen LogP contribution is -2.45. The topological polar surface area (TPSA) is 64.4 Å². The molecule has 2 aliphatic carbocycles. The summed E-state index contributed by atoms with van der Waals surface area (Å²) in [6.07, 6.45) is 9.15. The van der Waals surface area contributed by atoms with Gasteiger partial charge in [-0.05, 0) is 117 Å². The molecule has 1 aromatic heterocycles. The quantitative estimate of drug-likeness (QED) is 0.200. The van der Waals surface area contributed by atoms with Gasteiger partial charge in [0.1, 0.15) is 11.6 Å². The van der Waals surface area contributed by atoms with Gasteiger partial charge in [-0.2, -0.15) is 0 Å². The van der Waals surface area contributed by atoms with Gasteiger partial charge in [-0.3, -0.25) is 4.79 Å². The summed E-state index contributed by atoms with van der Waals surface area (Å²) < 4.78 is 21.6. The molecule has 2 bridgehead atoms. The van der Waals surface area contributed by atoms with Crippen LogP contribution in [0.3, 0.4) is 0 Å². The number of hydrogen-bond donors (Lipinski definition) is 0. The number of imidazole rings is 1. The number of esters is 1. The Morgan fingerprint density at radius 2 is 1.60 bits per heavy atom. The minimum absolute atomic E-state index is 0.00455. The third-order valence-corrected chi connectivity index (χ3v) is 11.3. The lowest BCUT2D eigenvalue weighted by molar-refractivity contribution is 0.0600. The number of carbonyl (C=O) groups excluding carboxylic acids is 2. The highest BCUT2D eigenvalue weighted by Gasteiger charge is 2.45. The fourth-order valence-electron chi connectivity index (χ4n) is 9.12. The second kappa shape index (κ2) is 12.1. The van der Waals surface area contributed by atoms with Crippen molar-refractivity contribution < 1.29 is 18.7 Å². The van der Waals surface area contributed by atoms with Gasteiger partial charge in [0.2, 0.25) is 0 Å². The Balaban J connectivity index is 1.06. The van der Waals surface area contributed by atoms with Crippen LogP contribution < -0.4 is 0 Å². The van der Waals surface area contributed by atoms with E-state index in [2.05, 4.69) is 66.1 Å². The molecule has 7 heteroatoms. The molecule has 2 heterocycles. The molecule has 0 N–H and O–H groups in total. The maximum Gasteiger partial charge on any atom is 0.337 e. The Morgan fingerprint density at radius 3 is 2.31 bits per heavy atom. The average Bonchev–Trinajstić information content (AvgIpc) is 3.53. The number of likely N-dealkylation sites (tertiary alicyclic amines) is 1. The zero-order chi connectivity index (χ0) is 31.1. The molecule has 234 valence electrons. The van der Waals surface area contributed by atoms with Crippen molar-refractivity contribution in [2.24, 2.45) is 17.8 Å². The Bertz CT molecular complexity index is 1690. The van der Waals surface area contributed by atoms with E-state index in [0.717, 1.165) is 54.4 Å². The minimum Gasteiger partial charge on any atom is -0.465 e. The molecule has 2 unspecified atom stereocenters. The molecule has 4 aromatic rings. The summed E-state index contributed by atoms with van der Waals surface area (Å²) in [5.74, 6) is 1.84. The van der Waals surface area contributed by atoms with Crippen molar-refractivity contribution in [2.45, 2.75) is 69.7 Å². The van der Waals surface area contributed by atoms with Crippen LogP contribution in [0, 0.1) is 30.5 Å². The number of hydrogen-bond acceptors (Lipinski definition) is 4. The van der Waals surface area contributed by atoms with Gasteiger partial charge < -0.3 is 14.2 Å². The molecule has 1 amide bonds. The van der Waals surface area contributed by atoms with E-state index >= 15 is 0 Å². The summed E-state index contributed by atoms with van der Waals surface area (Å²) in [4.78, 5) is 32.2. The van der Waals surface area contributed by atoms with E-state index in [1.165, 1.54) is 62.4 Å². The molecular weight excluding hydrogens is 565 g/mol. The van der Waals surface area contributed by atoms with Crippen LogP contribution in [0.25, 0.3) is 11.0 Å². The first kappa shape index (κ1) is 29.7. The van der Waals surface area contributed by atoms with Crippen LogP contribution >= 0.6 is 0 Å². The van der Waals surface area contributed by atoms with Gasteiger partial charge in [0.05, 0.1) is 23.7 Å². The SMILES string of the molecule is COC(=O)c1cc(F)cc(C(=O)N2CCC(CCC3C4CCC3CC(n3c(C)nc5ccccc53)C4)(c3ccccc3)CC2)c1. The van der Waals surface area contributed by atoms with Crippen LogP contribution in [0.1, 0.15) is 89.5 Å². The Kier molecular flexibility index (Phi) is 7.96. The number of benzene rings is 3. The van der Waals surface area contributed by atoms with E-state index in [4.69, 9.17) is 9.72 Å². The third kappa shape index (κ3) is 5.55. The van der Waals surface area contributed by atoms with Crippen molar-refractivity contribution in [3.05, 3.63) is 101 Å². The van der Waals surface area contributed by atoms with Crippen LogP contribution in [0.15, 0.2) is 72.8 Å². The van der Waals surface area contributed by atoms with E-state index in [-0.39, 0.29) is 22.4 Å². The van der Waals surface area contributed by atoms with Crippen LogP contribution in [0.4, 0.5) is 4.39 Å². The standard InChI is InChI=1S/C38H42FN3O3/c1-25-40-34-10-6-7-11-35(34)42(25)32-23-26-12-13-27(24-32)33(26)14-15-38(30-8-4-3-5-9-30)16-18-41(19-17-38)36(43)28-20-29(37(44)45-2)22-31(39)21-28/h3-11,20-22,26-27,32-33H,12-19,23-24H2,1-2H3. The summed E-state index contributed by atoms with van der Waals surface area (Å²) in [5.41, 5.74) is 3.97. The number of para-hydroxylation sites is 2. The average molecular weight is 608 g/mol. The number of methoxy groups -OCH3 is 1. The first-order valence-electron chi connectivity index (χ1n) is 16.5. The monoisotopic (exact) mass is 607 g/mol. The molecule has 3 fully saturated rings. The first-order chi connectivity index (χ1) is 21.8. The van der Waals surface area contributed by atoms with Gasteiger partial charge in [0.25, 0.3) is 5.91 Å². The Hall–Kier alpha value is -4.00. The second-order valence-corrected chi connectivity index (χ2v) is 13.6. The Morgan fingerprint density at radius 1 is 0.933 bits per heavy atom. The molecule has 0 spiro atoms. The number of rotatable bonds is 7. The van der Waals surface area contributed by atoms with E-state index < -0.39 is 11.8 Å². The highest BCUT2D eigenvalue weighted by atomic mass is 19.1. The number of fused-ring (bicyclic) bond motifs is 3. The van der Waals surface area contributed by atoms with Crippen molar-refractivity contribution in [1.29, 1.82) is 0 Å². The largest absolute Gasteiger partial charge is 0.465 e. The second-order valence-electron chi connectivity index (χ2n) is 13.6. The van der Waals surface area contributed by atoms with Crippen molar-refractivity contribution >= 4 is 22.9 Å². The third-order valence-electron chi connectivity index (χ3n) is 11.3. The number of piperidine rings is 1. The molecule has 3 aliphatic rings. The fraction of sp³-hybridized carbons (Fsp3) is 0.447. The summed E-state index contributed by atoms with van der Waals surface area (Å²) in [7, 11) is 1.25. The lowest BCUT2D eigenvalue weighted by atomic mass is 9.66. The number of halogens is 1. The molecule has 1 aliphatic heterocycles. The molecular formula is C38H42FN3O3. The van der Waals surface area contributed by atoms with E-state index in [9.17, 15) is 14.0 Å². The smallest absolute Gasteiger partial charge is 0.337 e. The van der Waals surface area contributed by atoms with Gasteiger partial charge in [-0.15, -0.1) is 0 Å². The normalized spacial score (nSPS) is 24.1. The maximum atomic E-state index is 14.4. The van der Waals surface area contributed by atoms with Gasteiger partial charge in [-0.1, -0.05) is 42.5 Å². The summed E-state index contributed by atoms with van der Waals surface area (Å²) >= 11 is 0. The van der Waals surface area contributed by atoms with Crippen LogP contribution in [0.2, 0.25) is 0 Å². The van der Waals surface area contributed by atoms with Gasteiger partial charge in [-0.25, -0.2) is 14.2 Å². The number of amides is 1. The minimum atomic E-state index is -0.651. The molecule has 2 saturated carbocycles. The van der Waals surface area contributed by atoms with E-state index in [1.54, 1.807) is 0 Å². The molecule has 3 aromatic carbocycles. The zero-order valence-corrected chi connectivity index (χ0v) is 26.3. The number of carbonyl (C=O) groups is 2. The molecule has 0 radical (unpaired) electrons. The molecule has 1 saturated heterocycles. The predicted molar refractivity (Wildman–Crippen MR) is 173 cm³/mol. The van der Waals surface area contributed by atoms with Crippen molar-refractivity contribution in [1.82, 2.24) is 14.5 Å². The van der Waals surface area contributed by atoms with Crippen molar-refractivity contribution in [3.8, 4) is 0 Å². The van der Waals surface area contributed by atoms with Gasteiger partial charge in [0.15, 0.2) is 0 Å². The van der Waals surface area contributed by atoms with Crippen molar-refractivity contribution in [2.75, 3.05) is 20.2 Å².